The highest BCUT2D eigenvalue weighted by molar-refractivity contribution is 8.00. The third kappa shape index (κ3) is 3.33. The molecule has 0 fully saturated rings. The third-order valence-electron chi connectivity index (χ3n) is 8.48. The number of hydrogen-bond acceptors (Lipinski definition) is 1. The highest BCUT2D eigenvalue weighted by Crippen LogP contribution is 2.34. The molecule has 0 amide bonds. The Morgan fingerprint density at radius 2 is 1.00 bits per heavy atom. The van der Waals surface area contributed by atoms with E-state index < -0.39 is 8.07 Å². The summed E-state index contributed by atoms with van der Waals surface area (Å²) >= 11 is 1.95. The molecule has 0 aliphatic carbocycles. The van der Waals surface area contributed by atoms with Gasteiger partial charge in [-0.1, -0.05) is 168 Å². The van der Waals surface area contributed by atoms with Crippen LogP contribution < -0.4 is 37.1 Å². The van der Waals surface area contributed by atoms with E-state index in [0.717, 1.165) is 0 Å². The number of rotatable bonds is 3. The van der Waals surface area contributed by atoms with Crippen LogP contribution in [-0.4, -0.2) is 14.8 Å². The molecular weight excluding hydrogens is 503 g/mol. The molecule has 0 N–H and O–H groups in total. The van der Waals surface area contributed by atoms with Gasteiger partial charge in [0.2, 0.25) is 6.71 Å². The van der Waals surface area contributed by atoms with Crippen LogP contribution in [0.15, 0.2) is 161 Å². The first-order valence-electron chi connectivity index (χ1n) is 13.6. The van der Waals surface area contributed by atoms with Gasteiger partial charge in [0, 0.05) is 9.79 Å². The fourth-order valence-corrected chi connectivity index (χ4v) is 13.5. The summed E-state index contributed by atoms with van der Waals surface area (Å²) in [6, 6.07) is 57.0. The van der Waals surface area contributed by atoms with Gasteiger partial charge < -0.3 is 0 Å². The van der Waals surface area contributed by atoms with Gasteiger partial charge in [0.25, 0.3) is 0 Å². The lowest BCUT2D eigenvalue weighted by molar-refractivity contribution is 1.43. The molecule has 0 nitrogen and oxygen atoms in total. The largest absolute Gasteiger partial charge is 0.243 e. The van der Waals surface area contributed by atoms with Gasteiger partial charge in [-0.25, -0.2) is 0 Å². The molecule has 8 rings (SSSR count). The predicted octanol–water partition coefficient (Wildman–Crippen LogP) is 4.03. The molecule has 39 heavy (non-hydrogen) atoms. The van der Waals surface area contributed by atoms with E-state index in [9.17, 15) is 0 Å². The van der Waals surface area contributed by atoms with Crippen LogP contribution in [0.4, 0.5) is 0 Å². The molecule has 2 aliphatic rings. The van der Waals surface area contributed by atoms with Crippen LogP contribution in [0.25, 0.3) is 11.1 Å². The third-order valence-corrected chi connectivity index (χ3v) is 14.5. The minimum atomic E-state index is -2.63. The van der Waals surface area contributed by atoms with Gasteiger partial charge in [0.15, 0.2) is 8.07 Å². The smallest absolute Gasteiger partial charge is 0.0912 e. The van der Waals surface area contributed by atoms with E-state index in [1.807, 2.05) is 11.8 Å². The summed E-state index contributed by atoms with van der Waals surface area (Å²) in [5.74, 6) is 0. The average molecular weight is 529 g/mol. The topological polar surface area (TPSA) is 0 Å². The monoisotopic (exact) mass is 528 g/mol. The standard InChI is InChI=1S/C36H25BSSi/c1-4-14-26(15-5-1)27-24-33-36-35(25-27)39(28-16-6-2-7-17-28,29-18-8-3-9-19-29)34-23-13-11-21-31(34)37(36)30-20-10-12-22-32(30)38-33/h1-25H. The molecule has 0 spiro atoms. The number of fused-ring (bicyclic) bond motifs is 4. The summed E-state index contributed by atoms with van der Waals surface area (Å²) < 4.78 is 0. The zero-order valence-electron chi connectivity index (χ0n) is 21.4. The quantitative estimate of drug-likeness (QED) is 0.312. The van der Waals surface area contributed by atoms with Crippen molar-refractivity contribution < 1.29 is 0 Å². The lowest BCUT2D eigenvalue weighted by Gasteiger charge is -2.45. The van der Waals surface area contributed by atoms with Crippen LogP contribution in [0.1, 0.15) is 0 Å². The summed E-state index contributed by atoms with van der Waals surface area (Å²) in [5, 5.41) is 5.93. The van der Waals surface area contributed by atoms with Crippen LogP contribution in [0, 0.1) is 0 Å². The van der Waals surface area contributed by atoms with Crippen LogP contribution in [0.2, 0.25) is 0 Å². The lowest BCUT2D eigenvalue weighted by Crippen LogP contribution is -2.87. The molecule has 0 bridgehead atoms. The van der Waals surface area contributed by atoms with E-state index in [-0.39, 0.29) is 6.71 Å². The van der Waals surface area contributed by atoms with E-state index in [4.69, 9.17) is 0 Å². The normalized spacial score (nSPS) is 14.2. The van der Waals surface area contributed by atoms with Crippen LogP contribution in [0.3, 0.4) is 0 Å². The second-order valence-electron chi connectivity index (χ2n) is 10.4. The van der Waals surface area contributed by atoms with E-state index in [2.05, 4.69) is 152 Å². The zero-order valence-corrected chi connectivity index (χ0v) is 23.2. The van der Waals surface area contributed by atoms with Crippen molar-refractivity contribution in [3.8, 4) is 11.1 Å². The Hall–Kier alpha value is -4.05. The van der Waals surface area contributed by atoms with Crippen molar-refractivity contribution >= 4 is 63.7 Å². The minimum Gasteiger partial charge on any atom is -0.0912 e. The summed E-state index contributed by atoms with van der Waals surface area (Å²) in [6.45, 7) is 0.238. The van der Waals surface area contributed by atoms with Gasteiger partial charge in [0.1, 0.15) is 0 Å². The van der Waals surface area contributed by atoms with Gasteiger partial charge in [-0.2, -0.15) is 0 Å². The average Bonchev–Trinajstić information content (AvgIpc) is 3.02. The Kier molecular flexibility index (Phi) is 5.29. The lowest BCUT2D eigenvalue weighted by atomic mass is 9.36. The Morgan fingerprint density at radius 1 is 0.436 bits per heavy atom. The van der Waals surface area contributed by atoms with Gasteiger partial charge in [-0.15, -0.1) is 0 Å². The summed E-state index contributed by atoms with van der Waals surface area (Å²) in [5.41, 5.74) is 6.98. The Labute approximate surface area is 235 Å². The molecule has 6 aromatic carbocycles. The maximum absolute atomic E-state index is 2.63. The minimum absolute atomic E-state index is 0.238. The van der Waals surface area contributed by atoms with Gasteiger partial charge in [-0.3, -0.25) is 0 Å². The molecule has 3 heteroatoms. The molecule has 0 unspecified atom stereocenters. The molecule has 2 heterocycles. The summed E-state index contributed by atoms with van der Waals surface area (Å²) in [6.07, 6.45) is 0. The molecule has 182 valence electrons. The second-order valence-corrected chi connectivity index (χ2v) is 15.3. The van der Waals surface area contributed by atoms with E-state index in [1.165, 1.54) is 58.1 Å². The first-order valence-corrected chi connectivity index (χ1v) is 16.4. The Bertz CT molecular complexity index is 1790. The van der Waals surface area contributed by atoms with E-state index in [1.54, 1.807) is 0 Å². The Morgan fingerprint density at radius 3 is 1.69 bits per heavy atom. The van der Waals surface area contributed by atoms with Crippen molar-refractivity contribution in [2.45, 2.75) is 9.79 Å². The van der Waals surface area contributed by atoms with Gasteiger partial charge >= 0.3 is 0 Å². The molecule has 0 radical (unpaired) electrons. The van der Waals surface area contributed by atoms with Crippen LogP contribution >= 0.6 is 11.8 Å². The van der Waals surface area contributed by atoms with Crippen LogP contribution in [-0.2, 0) is 0 Å². The zero-order chi connectivity index (χ0) is 25.8. The summed E-state index contributed by atoms with van der Waals surface area (Å²) in [4.78, 5) is 2.77. The highest BCUT2D eigenvalue weighted by Gasteiger charge is 2.52. The predicted molar refractivity (Wildman–Crippen MR) is 171 cm³/mol. The van der Waals surface area contributed by atoms with Gasteiger partial charge in [-0.05, 0) is 44.0 Å². The van der Waals surface area contributed by atoms with Crippen molar-refractivity contribution in [2.75, 3.05) is 0 Å². The second kappa shape index (κ2) is 9.01. The van der Waals surface area contributed by atoms with Crippen molar-refractivity contribution in [2.24, 2.45) is 0 Å². The highest BCUT2D eigenvalue weighted by atomic mass is 32.2. The molecule has 6 aromatic rings. The SMILES string of the molecule is c1ccc(-c2cc3c4c(c2)[Si](c2ccccc2)(c2ccccc2)c2ccccc2B4c2ccccc2S3)cc1. The number of benzene rings is 6. The fraction of sp³-hybridized carbons (Fsp3) is 0. The molecule has 0 saturated heterocycles. The van der Waals surface area contributed by atoms with Crippen LogP contribution in [0.5, 0.6) is 0 Å². The molecule has 0 atom stereocenters. The summed E-state index contributed by atoms with van der Waals surface area (Å²) in [7, 11) is -2.63. The van der Waals surface area contributed by atoms with Gasteiger partial charge in [0.05, 0.1) is 0 Å². The van der Waals surface area contributed by atoms with E-state index in [0.29, 0.717) is 0 Å². The van der Waals surface area contributed by atoms with Crippen molar-refractivity contribution in [3.63, 3.8) is 0 Å². The van der Waals surface area contributed by atoms with Crippen molar-refractivity contribution in [1.29, 1.82) is 0 Å². The molecule has 2 aliphatic heterocycles. The molecule has 0 aromatic heterocycles. The Balaban J connectivity index is 1.57. The van der Waals surface area contributed by atoms with Crippen molar-refractivity contribution in [3.05, 3.63) is 152 Å². The fourth-order valence-electron chi connectivity index (χ4n) is 6.93. The first kappa shape index (κ1) is 22.9. The maximum atomic E-state index is 2.55. The maximum Gasteiger partial charge on any atom is 0.243 e. The molecular formula is C36H25BSSi. The number of hydrogen-bond donors (Lipinski definition) is 0. The first-order chi connectivity index (χ1) is 19.4. The molecule has 0 saturated carbocycles. The van der Waals surface area contributed by atoms with Crippen molar-refractivity contribution in [1.82, 2.24) is 0 Å². The van der Waals surface area contributed by atoms with E-state index >= 15 is 0 Å².